The fourth-order valence-corrected chi connectivity index (χ4v) is 4.57. The summed E-state index contributed by atoms with van der Waals surface area (Å²) in [5, 5.41) is 5.78. The van der Waals surface area contributed by atoms with E-state index >= 15 is 0 Å². The highest BCUT2D eigenvalue weighted by molar-refractivity contribution is 5.92. The van der Waals surface area contributed by atoms with Crippen molar-refractivity contribution in [2.75, 3.05) is 19.8 Å². The van der Waals surface area contributed by atoms with Crippen LogP contribution in [0.3, 0.4) is 0 Å². The van der Waals surface area contributed by atoms with E-state index in [1.54, 1.807) is 0 Å². The van der Waals surface area contributed by atoms with Gasteiger partial charge in [0, 0.05) is 29.7 Å². The van der Waals surface area contributed by atoms with Crippen LogP contribution in [0, 0.1) is 13.8 Å². The lowest BCUT2D eigenvalue weighted by Gasteiger charge is -2.36. The Balaban J connectivity index is 1.40. The smallest absolute Gasteiger partial charge is 0.223 e. The van der Waals surface area contributed by atoms with Gasteiger partial charge in [-0.2, -0.15) is 5.10 Å². The second kappa shape index (κ2) is 8.12. The van der Waals surface area contributed by atoms with Crippen LogP contribution >= 0.6 is 0 Å². The SMILES string of the molecule is Cc1nc2c3ccccc3nn2c(C)c1CCC(=O)N1CCOCC1c1ccccc1. The molecule has 1 aliphatic heterocycles. The Morgan fingerprint density at radius 1 is 1.10 bits per heavy atom. The van der Waals surface area contributed by atoms with Crippen LogP contribution in [0.2, 0.25) is 0 Å². The highest BCUT2D eigenvalue weighted by Gasteiger charge is 2.28. The van der Waals surface area contributed by atoms with E-state index in [9.17, 15) is 4.79 Å². The molecule has 0 bridgehead atoms. The van der Waals surface area contributed by atoms with Crippen LogP contribution in [0.25, 0.3) is 16.6 Å². The molecule has 6 nitrogen and oxygen atoms in total. The van der Waals surface area contributed by atoms with Gasteiger partial charge in [0.2, 0.25) is 5.91 Å². The van der Waals surface area contributed by atoms with Gasteiger partial charge >= 0.3 is 0 Å². The summed E-state index contributed by atoms with van der Waals surface area (Å²) >= 11 is 0. The second-order valence-corrected chi connectivity index (χ2v) is 8.10. The molecule has 5 rings (SSSR count). The Hall–Kier alpha value is -3.25. The van der Waals surface area contributed by atoms with Crippen molar-refractivity contribution in [3.8, 4) is 0 Å². The largest absolute Gasteiger partial charge is 0.377 e. The lowest BCUT2D eigenvalue weighted by Crippen LogP contribution is -2.43. The Labute approximate surface area is 181 Å². The molecule has 4 aromatic rings. The summed E-state index contributed by atoms with van der Waals surface area (Å²) in [5.41, 5.74) is 6.04. The number of amides is 1. The average Bonchev–Trinajstić information content (AvgIpc) is 3.18. The average molecular weight is 415 g/mol. The third kappa shape index (κ3) is 3.57. The molecule has 2 aromatic carbocycles. The van der Waals surface area contributed by atoms with E-state index in [4.69, 9.17) is 14.8 Å². The van der Waals surface area contributed by atoms with Gasteiger partial charge in [-0.3, -0.25) is 4.79 Å². The van der Waals surface area contributed by atoms with Crippen molar-refractivity contribution in [3.63, 3.8) is 0 Å². The number of fused-ring (bicyclic) bond motifs is 3. The van der Waals surface area contributed by atoms with Crippen LogP contribution in [0.1, 0.15) is 35.0 Å². The van der Waals surface area contributed by atoms with Crippen LogP contribution in [0.5, 0.6) is 0 Å². The number of aromatic nitrogens is 3. The minimum atomic E-state index is -0.0262. The summed E-state index contributed by atoms with van der Waals surface area (Å²) in [5.74, 6) is 0.154. The number of ether oxygens (including phenoxy) is 1. The molecule has 2 aromatic heterocycles. The topological polar surface area (TPSA) is 59.7 Å². The first-order valence-electron chi connectivity index (χ1n) is 10.8. The first-order valence-corrected chi connectivity index (χ1v) is 10.8. The quantitative estimate of drug-likeness (QED) is 0.506. The number of nitrogens with zero attached hydrogens (tertiary/aromatic N) is 4. The maximum Gasteiger partial charge on any atom is 0.223 e. The molecule has 0 radical (unpaired) electrons. The number of carbonyl (C=O) groups excluding carboxylic acids is 1. The van der Waals surface area contributed by atoms with E-state index in [0.717, 1.165) is 39.1 Å². The van der Waals surface area contributed by atoms with Crippen LogP contribution in [0.15, 0.2) is 54.6 Å². The fraction of sp³-hybridized carbons (Fsp3) is 0.320. The van der Waals surface area contributed by atoms with Gasteiger partial charge in [0.1, 0.15) is 0 Å². The van der Waals surface area contributed by atoms with E-state index < -0.39 is 0 Å². The number of morpholine rings is 1. The number of rotatable bonds is 4. The van der Waals surface area contributed by atoms with Gasteiger partial charge in [0.25, 0.3) is 0 Å². The third-order valence-electron chi connectivity index (χ3n) is 6.24. The molecule has 1 atom stereocenters. The molecule has 158 valence electrons. The molecule has 6 heteroatoms. The zero-order valence-corrected chi connectivity index (χ0v) is 17.9. The van der Waals surface area contributed by atoms with Crippen molar-refractivity contribution in [2.45, 2.75) is 32.7 Å². The predicted octanol–water partition coefficient (Wildman–Crippen LogP) is 4.03. The monoisotopic (exact) mass is 414 g/mol. The number of benzene rings is 2. The lowest BCUT2D eigenvalue weighted by atomic mass is 10.0. The van der Waals surface area contributed by atoms with Gasteiger partial charge in [-0.05, 0) is 43.5 Å². The summed E-state index contributed by atoms with van der Waals surface area (Å²) < 4.78 is 7.60. The van der Waals surface area contributed by atoms with E-state index in [1.807, 2.05) is 52.7 Å². The highest BCUT2D eigenvalue weighted by Crippen LogP contribution is 2.26. The Morgan fingerprint density at radius 3 is 2.71 bits per heavy atom. The van der Waals surface area contributed by atoms with Crippen LogP contribution in [0.4, 0.5) is 0 Å². The van der Waals surface area contributed by atoms with Crippen molar-refractivity contribution in [1.29, 1.82) is 0 Å². The summed E-state index contributed by atoms with van der Waals surface area (Å²) in [6, 6.07) is 18.2. The zero-order valence-electron chi connectivity index (χ0n) is 17.9. The van der Waals surface area contributed by atoms with Gasteiger partial charge < -0.3 is 9.64 Å². The molecule has 0 saturated carbocycles. The first-order chi connectivity index (χ1) is 15.1. The van der Waals surface area contributed by atoms with Gasteiger partial charge in [-0.1, -0.05) is 42.5 Å². The second-order valence-electron chi connectivity index (χ2n) is 8.10. The van der Waals surface area contributed by atoms with Crippen molar-refractivity contribution in [2.24, 2.45) is 0 Å². The van der Waals surface area contributed by atoms with Gasteiger partial charge in [0.15, 0.2) is 5.65 Å². The molecule has 0 N–H and O–H groups in total. The first kappa shape index (κ1) is 19.7. The summed E-state index contributed by atoms with van der Waals surface area (Å²) in [4.78, 5) is 20.0. The molecule has 1 fully saturated rings. The summed E-state index contributed by atoms with van der Waals surface area (Å²) in [6.07, 6.45) is 1.09. The maximum atomic E-state index is 13.2. The number of hydrogen-bond donors (Lipinski definition) is 0. The molecular formula is C25H26N4O2. The predicted molar refractivity (Wildman–Crippen MR) is 120 cm³/mol. The van der Waals surface area contributed by atoms with E-state index in [2.05, 4.69) is 25.1 Å². The molecule has 1 unspecified atom stereocenters. The van der Waals surface area contributed by atoms with Crippen molar-refractivity contribution >= 4 is 22.5 Å². The van der Waals surface area contributed by atoms with Gasteiger partial charge in [-0.25, -0.2) is 9.50 Å². The Morgan fingerprint density at radius 2 is 1.87 bits per heavy atom. The van der Waals surface area contributed by atoms with Gasteiger partial charge in [0.05, 0.1) is 24.8 Å². The van der Waals surface area contributed by atoms with Crippen LogP contribution in [-0.4, -0.2) is 45.2 Å². The zero-order chi connectivity index (χ0) is 21.4. The van der Waals surface area contributed by atoms with E-state index in [1.165, 1.54) is 0 Å². The molecule has 1 amide bonds. The molecule has 1 aliphatic rings. The van der Waals surface area contributed by atoms with Crippen LogP contribution < -0.4 is 0 Å². The lowest BCUT2D eigenvalue weighted by molar-refractivity contribution is -0.140. The van der Waals surface area contributed by atoms with Crippen molar-refractivity contribution < 1.29 is 9.53 Å². The Kier molecular flexibility index (Phi) is 5.16. The standard InChI is InChI=1S/C25H26N4O2/c1-17-20(18(2)29-25(26-17)21-10-6-7-11-22(21)27-29)12-13-24(30)28-14-15-31-16-23(28)19-8-4-3-5-9-19/h3-11,23H,12-16H2,1-2H3. The summed E-state index contributed by atoms with van der Waals surface area (Å²) in [7, 11) is 0. The number of carbonyl (C=O) groups is 1. The van der Waals surface area contributed by atoms with Crippen molar-refractivity contribution in [1.82, 2.24) is 19.5 Å². The molecule has 31 heavy (non-hydrogen) atoms. The van der Waals surface area contributed by atoms with Crippen LogP contribution in [-0.2, 0) is 16.0 Å². The maximum absolute atomic E-state index is 13.2. The number of hydrogen-bond acceptors (Lipinski definition) is 4. The van der Waals surface area contributed by atoms with Gasteiger partial charge in [-0.15, -0.1) is 0 Å². The number of aryl methyl sites for hydroxylation is 2. The fourth-order valence-electron chi connectivity index (χ4n) is 4.57. The Bertz CT molecular complexity index is 1250. The van der Waals surface area contributed by atoms with E-state index in [-0.39, 0.29) is 11.9 Å². The molecule has 0 spiro atoms. The van der Waals surface area contributed by atoms with Crippen molar-refractivity contribution in [3.05, 3.63) is 77.1 Å². The minimum absolute atomic E-state index is 0.0262. The minimum Gasteiger partial charge on any atom is -0.377 e. The molecule has 0 aliphatic carbocycles. The highest BCUT2D eigenvalue weighted by atomic mass is 16.5. The third-order valence-corrected chi connectivity index (χ3v) is 6.24. The molecule has 1 saturated heterocycles. The molecular weight excluding hydrogens is 388 g/mol. The van der Waals surface area contributed by atoms with E-state index in [0.29, 0.717) is 32.6 Å². The molecule has 3 heterocycles. The normalized spacial score (nSPS) is 16.8. The summed E-state index contributed by atoms with van der Waals surface area (Å²) in [6.45, 7) is 5.84.